The number of aryl methyl sites for hydroxylation is 2. The molecule has 1 heterocycles. The molecule has 0 unspecified atom stereocenters. The van der Waals surface area contributed by atoms with Gasteiger partial charge in [0.1, 0.15) is 0 Å². The van der Waals surface area contributed by atoms with Crippen molar-refractivity contribution < 1.29 is 5.21 Å². The summed E-state index contributed by atoms with van der Waals surface area (Å²) in [6, 6.07) is 10.1. The van der Waals surface area contributed by atoms with Crippen LogP contribution in [-0.4, -0.2) is 11.0 Å². The third-order valence-corrected chi connectivity index (χ3v) is 4.16. The number of nitrogens with zero attached hydrogens (tertiary/aromatic N) is 1. The maximum Gasteiger partial charge on any atom is 0.170 e. The lowest BCUT2D eigenvalue weighted by molar-refractivity contribution is 0.318. The zero-order valence-electron chi connectivity index (χ0n) is 11.7. The van der Waals surface area contributed by atoms with Gasteiger partial charge in [-0.15, -0.1) is 11.3 Å². The number of oxime groups is 1. The Morgan fingerprint density at radius 3 is 2.65 bits per heavy atom. The maximum absolute atomic E-state index is 8.67. The van der Waals surface area contributed by atoms with E-state index in [4.69, 9.17) is 10.9 Å². The van der Waals surface area contributed by atoms with E-state index in [9.17, 15) is 0 Å². The highest BCUT2D eigenvalue weighted by Crippen LogP contribution is 2.15. The fourth-order valence-electron chi connectivity index (χ4n) is 2.01. The lowest BCUT2D eigenvalue weighted by atomic mass is 10.0. The van der Waals surface area contributed by atoms with Crippen LogP contribution in [0.15, 0.2) is 35.5 Å². The Morgan fingerprint density at radius 1 is 1.25 bits per heavy atom. The van der Waals surface area contributed by atoms with Gasteiger partial charge in [-0.1, -0.05) is 17.3 Å². The van der Waals surface area contributed by atoms with Crippen LogP contribution >= 0.6 is 11.3 Å². The van der Waals surface area contributed by atoms with Crippen LogP contribution in [0, 0.1) is 13.8 Å². The quantitative estimate of drug-likeness (QED) is 0.343. The van der Waals surface area contributed by atoms with Crippen LogP contribution in [0.4, 0.5) is 0 Å². The van der Waals surface area contributed by atoms with Crippen molar-refractivity contribution in [3.8, 4) is 0 Å². The highest BCUT2D eigenvalue weighted by Gasteiger charge is 2.04. The molecule has 0 saturated carbocycles. The molecule has 2 aromatic rings. The van der Waals surface area contributed by atoms with Crippen LogP contribution < -0.4 is 11.1 Å². The molecule has 0 spiro atoms. The lowest BCUT2D eigenvalue weighted by Crippen LogP contribution is -2.15. The number of amidine groups is 1. The predicted molar refractivity (Wildman–Crippen MR) is 83.3 cm³/mol. The summed E-state index contributed by atoms with van der Waals surface area (Å²) in [7, 11) is 0. The second kappa shape index (κ2) is 6.54. The Hall–Kier alpha value is -1.85. The first-order valence-corrected chi connectivity index (χ1v) is 7.25. The largest absolute Gasteiger partial charge is 0.409 e. The van der Waals surface area contributed by atoms with E-state index < -0.39 is 0 Å². The van der Waals surface area contributed by atoms with Crippen LogP contribution in [0.1, 0.15) is 26.4 Å². The van der Waals surface area contributed by atoms with E-state index in [-0.39, 0.29) is 5.84 Å². The van der Waals surface area contributed by atoms with Crippen LogP contribution in [0.25, 0.3) is 0 Å². The fraction of sp³-hybridized carbons (Fsp3) is 0.267. The minimum Gasteiger partial charge on any atom is -0.409 e. The highest BCUT2D eigenvalue weighted by molar-refractivity contribution is 7.11. The van der Waals surface area contributed by atoms with Gasteiger partial charge in [0, 0.05) is 28.4 Å². The van der Waals surface area contributed by atoms with Gasteiger partial charge in [-0.05, 0) is 43.2 Å². The number of thiophene rings is 1. The second-order valence-electron chi connectivity index (χ2n) is 4.74. The lowest BCUT2D eigenvalue weighted by Gasteiger charge is -2.09. The second-order valence-corrected chi connectivity index (χ2v) is 6.11. The molecule has 106 valence electrons. The molecule has 5 heteroatoms. The van der Waals surface area contributed by atoms with E-state index in [2.05, 4.69) is 29.5 Å². The Kier molecular flexibility index (Phi) is 4.76. The molecule has 0 fully saturated rings. The van der Waals surface area contributed by atoms with Gasteiger partial charge in [-0.25, -0.2) is 0 Å². The molecule has 0 aliphatic heterocycles. The van der Waals surface area contributed by atoms with Crippen molar-refractivity contribution in [2.45, 2.75) is 26.9 Å². The summed E-state index contributed by atoms with van der Waals surface area (Å²) in [5.74, 6) is 0.140. The molecule has 0 saturated heterocycles. The molecule has 20 heavy (non-hydrogen) atoms. The van der Waals surface area contributed by atoms with E-state index in [0.29, 0.717) is 0 Å². The molecule has 0 radical (unpaired) electrons. The molecule has 0 amide bonds. The summed E-state index contributed by atoms with van der Waals surface area (Å²) in [5, 5.41) is 15.1. The minimum absolute atomic E-state index is 0.140. The van der Waals surface area contributed by atoms with Crippen molar-refractivity contribution in [3.05, 3.63) is 56.8 Å². The topological polar surface area (TPSA) is 70.6 Å². The van der Waals surface area contributed by atoms with Crippen molar-refractivity contribution in [1.82, 2.24) is 5.32 Å². The van der Waals surface area contributed by atoms with Gasteiger partial charge in [-0.2, -0.15) is 0 Å². The molecule has 2 rings (SSSR count). The van der Waals surface area contributed by atoms with Gasteiger partial charge < -0.3 is 16.3 Å². The van der Waals surface area contributed by atoms with Gasteiger partial charge >= 0.3 is 0 Å². The Labute approximate surface area is 122 Å². The van der Waals surface area contributed by atoms with Crippen molar-refractivity contribution in [3.63, 3.8) is 0 Å². The van der Waals surface area contributed by atoms with Crippen molar-refractivity contribution >= 4 is 17.2 Å². The number of nitrogens with two attached hydrogens (primary N) is 1. The minimum atomic E-state index is 0.140. The van der Waals surface area contributed by atoms with Gasteiger partial charge in [0.05, 0.1) is 0 Å². The number of benzene rings is 1. The molecule has 0 aliphatic rings. The van der Waals surface area contributed by atoms with Crippen LogP contribution in [0.3, 0.4) is 0 Å². The zero-order valence-corrected chi connectivity index (χ0v) is 12.5. The monoisotopic (exact) mass is 289 g/mol. The van der Waals surface area contributed by atoms with Crippen molar-refractivity contribution in [1.29, 1.82) is 0 Å². The zero-order chi connectivity index (χ0) is 14.5. The summed E-state index contributed by atoms with van der Waals surface area (Å²) in [6.07, 6.45) is 0. The average molecular weight is 289 g/mol. The summed E-state index contributed by atoms with van der Waals surface area (Å²) in [5.41, 5.74) is 8.66. The van der Waals surface area contributed by atoms with E-state index in [1.165, 1.54) is 15.3 Å². The molecular formula is C15H19N3OS. The van der Waals surface area contributed by atoms with Crippen LogP contribution in [0.5, 0.6) is 0 Å². The van der Waals surface area contributed by atoms with Gasteiger partial charge in [0.2, 0.25) is 0 Å². The van der Waals surface area contributed by atoms with Crippen LogP contribution in [-0.2, 0) is 13.1 Å². The maximum atomic E-state index is 8.67. The first-order valence-electron chi connectivity index (χ1n) is 6.43. The van der Waals surface area contributed by atoms with E-state index >= 15 is 0 Å². The van der Waals surface area contributed by atoms with Gasteiger partial charge in [0.15, 0.2) is 5.84 Å². The first-order chi connectivity index (χ1) is 9.60. The molecule has 0 bridgehead atoms. The smallest absolute Gasteiger partial charge is 0.170 e. The van der Waals surface area contributed by atoms with Gasteiger partial charge in [0.25, 0.3) is 0 Å². The fourth-order valence-corrected chi connectivity index (χ4v) is 2.87. The number of nitrogens with one attached hydrogen (secondary N) is 1. The van der Waals surface area contributed by atoms with Crippen LogP contribution in [0.2, 0.25) is 0 Å². The molecule has 0 atom stereocenters. The molecule has 1 aromatic heterocycles. The van der Waals surface area contributed by atoms with Crippen molar-refractivity contribution in [2.75, 3.05) is 0 Å². The highest BCUT2D eigenvalue weighted by atomic mass is 32.1. The third-order valence-electron chi connectivity index (χ3n) is 3.16. The van der Waals surface area contributed by atoms with E-state index in [0.717, 1.165) is 24.2 Å². The average Bonchev–Trinajstić information content (AvgIpc) is 2.85. The third kappa shape index (κ3) is 3.59. The standard InChI is InChI=1S/C15H19N3OS/c1-10-7-12(15(16)18-19)4-5-13(10)8-17-9-14-6-3-11(2)20-14/h3-7,17,19H,8-9H2,1-2H3,(H2,16,18). The molecule has 1 aromatic carbocycles. The SMILES string of the molecule is Cc1ccc(CNCc2ccc(/C(N)=N/O)cc2C)s1. The summed E-state index contributed by atoms with van der Waals surface area (Å²) in [6.45, 7) is 5.82. The number of rotatable bonds is 5. The van der Waals surface area contributed by atoms with Crippen molar-refractivity contribution in [2.24, 2.45) is 10.9 Å². The molecule has 4 nitrogen and oxygen atoms in total. The molecule has 0 aliphatic carbocycles. The van der Waals surface area contributed by atoms with E-state index in [1.807, 2.05) is 36.5 Å². The van der Waals surface area contributed by atoms with E-state index in [1.54, 1.807) is 0 Å². The Balaban J connectivity index is 1.96. The number of hydrogen-bond donors (Lipinski definition) is 3. The number of hydrogen-bond acceptors (Lipinski definition) is 4. The normalized spacial score (nSPS) is 11.8. The molecule has 4 N–H and O–H groups in total. The first kappa shape index (κ1) is 14.6. The summed E-state index contributed by atoms with van der Waals surface area (Å²) in [4.78, 5) is 2.68. The predicted octanol–water partition coefficient (Wildman–Crippen LogP) is 2.75. The molecular weight excluding hydrogens is 270 g/mol. The summed E-state index contributed by atoms with van der Waals surface area (Å²) >= 11 is 1.81. The summed E-state index contributed by atoms with van der Waals surface area (Å²) < 4.78 is 0. The van der Waals surface area contributed by atoms with Gasteiger partial charge in [-0.3, -0.25) is 0 Å². The Bertz CT molecular complexity index is 619. The Morgan fingerprint density at radius 2 is 2.05 bits per heavy atom.